The number of rotatable bonds is 2. The summed E-state index contributed by atoms with van der Waals surface area (Å²) >= 11 is 3.92. The smallest absolute Gasteiger partial charge is 0.0684 e. The first-order valence-corrected chi connectivity index (χ1v) is 7.37. The van der Waals surface area contributed by atoms with Gasteiger partial charge in [0.25, 0.3) is 0 Å². The maximum Gasteiger partial charge on any atom is 0.0684 e. The molecule has 15 heavy (non-hydrogen) atoms. The molecule has 2 heteroatoms. The maximum absolute atomic E-state index is 3.92. The van der Waals surface area contributed by atoms with Crippen molar-refractivity contribution in [2.45, 2.75) is 37.1 Å². The van der Waals surface area contributed by atoms with Crippen LogP contribution in [-0.4, -0.2) is 23.9 Å². The molecule has 0 heterocycles. The Kier molecular flexibility index (Phi) is 2.63. The van der Waals surface area contributed by atoms with Gasteiger partial charge in [-0.25, -0.2) is 0 Å². The molecule has 0 amide bonds. The largest absolute Gasteiger partial charge is 0.297 e. The number of halogens is 1. The predicted octanol–water partition coefficient (Wildman–Crippen LogP) is 3.34. The summed E-state index contributed by atoms with van der Waals surface area (Å²) in [5, 5.41) is 0. The van der Waals surface area contributed by atoms with Gasteiger partial charge in [-0.05, 0) is 75.8 Å². The molecule has 4 saturated carbocycles. The molecule has 0 N–H and O–H groups in total. The second-order valence-electron chi connectivity index (χ2n) is 6.34. The van der Waals surface area contributed by atoms with Gasteiger partial charge in [0.05, 0.1) is 4.95 Å². The molecule has 0 aliphatic heterocycles. The zero-order chi connectivity index (χ0) is 10.6. The Bertz CT molecular complexity index is 223. The van der Waals surface area contributed by atoms with Gasteiger partial charge < -0.3 is 0 Å². The van der Waals surface area contributed by atoms with Crippen molar-refractivity contribution >= 4 is 15.9 Å². The van der Waals surface area contributed by atoms with Crippen LogP contribution in [0, 0.1) is 29.6 Å². The molecule has 1 nitrogen and oxygen atoms in total. The lowest BCUT2D eigenvalue weighted by Crippen LogP contribution is -2.50. The van der Waals surface area contributed by atoms with Crippen molar-refractivity contribution in [3.63, 3.8) is 0 Å². The summed E-state index contributed by atoms with van der Waals surface area (Å²) in [4.78, 5) is 2.99. The van der Waals surface area contributed by atoms with E-state index in [1.165, 1.54) is 25.7 Å². The zero-order valence-electron chi connectivity index (χ0n) is 9.82. The van der Waals surface area contributed by atoms with Crippen LogP contribution >= 0.6 is 15.9 Å². The van der Waals surface area contributed by atoms with E-state index >= 15 is 0 Å². The minimum Gasteiger partial charge on any atom is -0.297 e. The highest BCUT2D eigenvalue weighted by Crippen LogP contribution is 2.58. The summed E-state index contributed by atoms with van der Waals surface area (Å²) in [5.74, 6) is 5.21. The van der Waals surface area contributed by atoms with E-state index in [1.807, 2.05) is 0 Å². The second kappa shape index (κ2) is 3.73. The van der Waals surface area contributed by atoms with E-state index in [0.29, 0.717) is 4.95 Å². The molecule has 0 spiro atoms. The number of hydrogen-bond donors (Lipinski definition) is 0. The van der Waals surface area contributed by atoms with Gasteiger partial charge in [-0.15, -0.1) is 0 Å². The Morgan fingerprint density at radius 2 is 1.40 bits per heavy atom. The van der Waals surface area contributed by atoms with Crippen molar-refractivity contribution in [1.29, 1.82) is 0 Å². The average molecular weight is 272 g/mol. The first-order chi connectivity index (χ1) is 7.15. The zero-order valence-corrected chi connectivity index (χ0v) is 11.4. The molecular formula is C13H22BrN. The van der Waals surface area contributed by atoms with Gasteiger partial charge in [-0.3, -0.25) is 4.90 Å². The van der Waals surface area contributed by atoms with E-state index in [9.17, 15) is 0 Å². The molecule has 4 bridgehead atoms. The lowest BCUT2D eigenvalue weighted by Gasteiger charge is -2.56. The van der Waals surface area contributed by atoms with E-state index in [4.69, 9.17) is 0 Å². The highest BCUT2D eigenvalue weighted by molar-refractivity contribution is 9.09. The van der Waals surface area contributed by atoms with Gasteiger partial charge in [0.2, 0.25) is 0 Å². The number of alkyl halides is 1. The highest BCUT2D eigenvalue weighted by Gasteiger charge is 2.50. The summed E-state index contributed by atoms with van der Waals surface area (Å²) in [5.41, 5.74) is 0. The van der Waals surface area contributed by atoms with Gasteiger partial charge in [-0.1, -0.05) is 15.9 Å². The molecule has 0 saturated heterocycles. The molecular weight excluding hydrogens is 250 g/mol. The lowest BCUT2D eigenvalue weighted by atomic mass is 9.52. The molecule has 0 aromatic rings. The molecule has 1 atom stereocenters. The molecule has 86 valence electrons. The van der Waals surface area contributed by atoms with Crippen LogP contribution in [0.3, 0.4) is 0 Å². The van der Waals surface area contributed by atoms with E-state index in [-0.39, 0.29) is 0 Å². The fourth-order valence-electron chi connectivity index (χ4n) is 4.76. The van der Waals surface area contributed by atoms with Gasteiger partial charge in [0, 0.05) is 0 Å². The second-order valence-corrected chi connectivity index (χ2v) is 7.28. The van der Waals surface area contributed by atoms with Crippen molar-refractivity contribution in [1.82, 2.24) is 4.90 Å². The minimum absolute atomic E-state index is 0.618. The molecule has 0 aromatic heterocycles. The normalized spacial score (nSPS) is 50.0. The van der Waals surface area contributed by atoms with Crippen LogP contribution in [-0.2, 0) is 0 Å². The lowest BCUT2D eigenvalue weighted by molar-refractivity contribution is -0.0497. The topological polar surface area (TPSA) is 3.24 Å². The Balaban J connectivity index is 1.80. The highest BCUT2D eigenvalue weighted by atomic mass is 79.9. The van der Waals surface area contributed by atoms with E-state index in [0.717, 1.165) is 29.6 Å². The van der Waals surface area contributed by atoms with Crippen molar-refractivity contribution in [2.24, 2.45) is 29.6 Å². The molecule has 0 radical (unpaired) electrons. The van der Waals surface area contributed by atoms with Gasteiger partial charge >= 0.3 is 0 Å². The maximum atomic E-state index is 3.92. The Hall–Kier alpha value is 0.440. The predicted molar refractivity (Wildman–Crippen MR) is 66.9 cm³/mol. The molecule has 0 aromatic carbocycles. The SMILES string of the molecule is CN(C)C(Br)C1C2CC3CC(C2)CC1C3. The Morgan fingerprint density at radius 1 is 0.933 bits per heavy atom. The fraction of sp³-hybridized carbons (Fsp3) is 1.00. The van der Waals surface area contributed by atoms with E-state index in [1.54, 1.807) is 6.42 Å². The van der Waals surface area contributed by atoms with Crippen LogP contribution in [0.25, 0.3) is 0 Å². The summed E-state index contributed by atoms with van der Waals surface area (Å²) in [7, 11) is 4.43. The van der Waals surface area contributed by atoms with E-state index in [2.05, 4.69) is 34.9 Å². The monoisotopic (exact) mass is 271 g/mol. The van der Waals surface area contributed by atoms with Crippen LogP contribution in [0.15, 0.2) is 0 Å². The fourth-order valence-corrected chi connectivity index (χ4v) is 5.62. The summed E-state index contributed by atoms with van der Waals surface area (Å²) in [6.45, 7) is 0. The molecule has 1 unspecified atom stereocenters. The third-order valence-corrected chi connectivity index (χ3v) is 6.54. The molecule has 4 fully saturated rings. The molecule has 4 aliphatic carbocycles. The third-order valence-electron chi connectivity index (χ3n) is 5.11. The first-order valence-electron chi connectivity index (χ1n) is 6.45. The van der Waals surface area contributed by atoms with Crippen LogP contribution < -0.4 is 0 Å². The number of nitrogens with zero attached hydrogens (tertiary/aromatic N) is 1. The van der Waals surface area contributed by atoms with Gasteiger partial charge in [0.15, 0.2) is 0 Å². The van der Waals surface area contributed by atoms with Crippen molar-refractivity contribution in [2.75, 3.05) is 14.1 Å². The summed E-state index contributed by atoms with van der Waals surface area (Å²) in [6.07, 6.45) is 7.71. The van der Waals surface area contributed by atoms with Crippen LogP contribution in [0.5, 0.6) is 0 Å². The van der Waals surface area contributed by atoms with Crippen LogP contribution in [0.4, 0.5) is 0 Å². The van der Waals surface area contributed by atoms with Crippen molar-refractivity contribution < 1.29 is 0 Å². The first kappa shape index (κ1) is 10.6. The van der Waals surface area contributed by atoms with Gasteiger partial charge in [-0.2, -0.15) is 0 Å². The summed E-state index contributed by atoms with van der Waals surface area (Å²) in [6, 6.07) is 0. The van der Waals surface area contributed by atoms with E-state index < -0.39 is 0 Å². The van der Waals surface area contributed by atoms with Crippen LogP contribution in [0.1, 0.15) is 32.1 Å². The minimum atomic E-state index is 0.618. The quantitative estimate of drug-likeness (QED) is 0.550. The van der Waals surface area contributed by atoms with Crippen LogP contribution in [0.2, 0.25) is 0 Å². The summed E-state index contributed by atoms with van der Waals surface area (Å²) < 4.78 is 0. The third kappa shape index (κ3) is 1.68. The molecule has 4 aliphatic rings. The number of hydrogen-bond acceptors (Lipinski definition) is 1. The Morgan fingerprint density at radius 3 is 1.80 bits per heavy atom. The average Bonchev–Trinajstić information content (AvgIpc) is 2.15. The van der Waals surface area contributed by atoms with Crippen molar-refractivity contribution in [3.8, 4) is 0 Å². The van der Waals surface area contributed by atoms with Gasteiger partial charge in [0.1, 0.15) is 0 Å². The molecule has 4 rings (SSSR count). The van der Waals surface area contributed by atoms with Crippen molar-refractivity contribution in [3.05, 3.63) is 0 Å². The Labute approximate surface area is 102 Å². The standard InChI is InChI=1S/C13H22BrN/c1-15(2)13(14)12-10-4-8-3-9(6-10)7-11(12)5-8/h8-13H,3-7H2,1-2H3.